The van der Waals surface area contributed by atoms with Crippen LogP contribution in [0.1, 0.15) is 26.3 Å². The molecular weight excluding hydrogens is 445 g/mol. The second-order valence-electron chi connectivity index (χ2n) is 8.84. The van der Waals surface area contributed by atoms with Crippen LogP contribution in [0.2, 0.25) is 0 Å². The molecule has 0 aliphatic carbocycles. The van der Waals surface area contributed by atoms with E-state index in [1.165, 1.54) is 12.1 Å². The molecular formula is C25H23F3N4O2. The standard InChI is InChI=1S/C25H23F3N4O2/c1-24(2,3)23(33)30-20-13-16(7-10-18(20)25(26,27)28)21-14-32-22(29-21)12-11-19(31-32)15-5-8-17(34-4)9-6-15/h5-14H,1-4H3,(H,30,33). The van der Waals surface area contributed by atoms with Gasteiger partial charge in [-0.25, -0.2) is 9.50 Å². The molecule has 0 atom stereocenters. The molecule has 0 unspecified atom stereocenters. The van der Waals surface area contributed by atoms with Crippen molar-refractivity contribution < 1.29 is 22.7 Å². The lowest BCUT2D eigenvalue weighted by molar-refractivity contribution is -0.137. The number of hydrogen-bond donors (Lipinski definition) is 1. The van der Waals surface area contributed by atoms with Gasteiger partial charge >= 0.3 is 6.18 Å². The van der Waals surface area contributed by atoms with Gasteiger partial charge in [0.25, 0.3) is 0 Å². The number of nitrogens with one attached hydrogen (secondary N) is 1. The first-order valence-electron chi connectivity index (χ1n) is 10.5. The summed E-state index contributed by atoms with van der Waals surface area (Å²) in [5.74, 6) is 0.211. The van der Waals surface area contributed by atoms with Gasteiger partial charge in [-0.15, -0.1) is 0 Å². The first-order valence-corrected chi connectivity index (χ1v) is 10.5. The van der Waals surface area contributed by atoms with E-state index in [0.717, 1.165) is 17.4 Å². The molecule has 176 valence electrons. The first-order chi connectivity index (χ1) is 16.0. The Morgan fingerprint density at radius 3 is 2.24 bits per heavy atom. The number of methoxy groups -OCH3 is 1. The molecule has 0 saturated heterocycles. The molecule has 0 radical (unpaired) electrons. The largest absolute Gasteiger partial charge is 0.497 e. The van der Waals surface area contributed by atoms with E-state index in [2.05, 4.69) is 15.4 Å². The lowest BCUT2D eigenvalue weighted by Crippen LogP contribution is -2.28. The molecule has 0 aliphatic heterocycles. The number of carbonyl (C=O) groups is 1. The van der Waals surface area contributed by atoms with E-state index in [1.54, 1.807) is 44.7 Å². The van der Waals surface area contributed by atoms with Crippen molar-refractivity contribution in [2.45, 2.75) is 26.9 Å². The van der Waals surface area contributed by atoms with Gasteiger partial charge in [0.05, 0.1) is 35.9 Å². The third kappa shape index (κ3) is 4.73. The maximum absolute atomic E-state index is 13.6. The van der Waals surface area contributed by atoms with Crippen molar-refractivity contribution in [1.29, 1.82) is 0 Å². The lowest BCUT2D eigenvalue weighted by Gasteiger charge is -2.20. The highest BCUT2D eigenvalue weighted by Crippen LogP contribution is 2.38. The quantitative estimate of drug-likeness (QED) is 0.394. The van der Waals surface area contributed by atoms with Crippen LogP contribution in [-0.2, 0) is 11.0 Å². The Kier molecular flexibility index (Phi) is 5.80. The summed E-state index contributed by atoms with van der Waals surface area (Å²) >= 11 is 0. The number of carbonyl (C=O) groups excluding carboxylic acids is 1. The first kappa shape index (κ1) is 23.3. The zero-order valence-corrected chi connectivity index (χ0v) is 19.1. The topological polar surface area (TPSA) is 68.5 Å². The zero-order chi connectivity index (χ0) is 24.7. The molecule has 0 saturated carbocycles. The molecule has 0 fully saturated rings. The van der Waals surface area contributed by atoms with Gasteiger partial charge in [0.1, 0.15) is 5.75 Å². The molecule has 1 N–H and O–H groups in total. The smallest absolute Gasteiger partial charge is 0.418 e. The highest BCUT2D eigenvalue weighted by molar-refractivity contribution is 5.96. The van der Waals surface area contributed by atoms with E-state index >= 15 is 0 Å². The zero-order valence-electron chi connectivity index (χ0n) is 19.1. The maximum atomic E-state index is 13.6. The van der Waals surface area contributed by atoms with Crippen LogP contribution >= 0.6 is 0 Å². The monoisotopic (exact) mass is 468 g/mol. The predicted octanol–water partition coefficient (Wildman–Crippen LogP) is 6.08. The summed E-state index contributed by atoms with van der Waals surface area (Å²) in [6.45, 7) is 4.90. The van der Waals surface area contributed by atoms with Crippen molar-refractivity contribution in [2.75, 3.05) is 12.4 Å². The minimum absolute atomic E-state index is 0.311. The second-order valence-corrected chi connectivity index (χ2v) is 8.84. The van der Waals surface area contributed by atoms with Crippen molar-refractivity contribution in [1.82, 2.24) is 14.6 Å². The molecule has 0 aliphatic rings. The molecule has 9 heteroatoms. The predicted molar refractivity (Wildman–Crippen MR) is 123 cm³/mol. The Morgan fingerprint density at radius 1 is 0.941 bits per heavy atom. The molecule has 0 spiro atoms. The summed E-state index contributed by atoms with van der Waals surface area (Å²) in [4.78, 5) is 16.9. The summed E-state index contributed by atoms with van der Waals surface area (Å²) in [6, 6.07) is 14.6. The van der Waals surface area contributed by atoms with Gasteiger partial charge in [0.2, 0.25) is 5.91 Å². The molecule has 4 rings (SSSR count). The molecule has 4 aromatic rings. The number of halogens is 3. The number of rotatable bonds is 4. The third-order valence-corrected chi connectivity index (χ3v) is 5.26. The molecule has 2 aromatic carbocycles. The molecule has 1 amide bonds. The number of amides is 1. The minimum atomic E-state index is -4.62. The van der Waals surface area contributed by atoms with Gasteiger partial charge in [-0.1, -0.05) is 26.8 Å². The van der Waals surface area contributed by atoms with Crippen molar-refractivity contribution in [3.63, 3.8) is 0 Å². The van der Waals surface area contributed by atoms with Crippen LogP contribution in [-0.4, -0.2) is 27.6 Å². The highest BCUT2D eigenvalue weighted by Gasteiger charge is 2.35. The number of ether oxygens (including phenoxy) is 1. The van der Waals surface area contributed by atoms with E-state index in [1.807, 2.05) is 30.3 Å². The Hall–Kier alpha value is -3.88. The van der Waals surface area contributed by atoms with Gasteiger partial charge in [-0.2, -0.15) is 18.3 Å². The van der Waals surface area contributed by atoms with Crippen LogP contribution in [0.15, 0.2) is 60.8 Å². The van der Waals surface area contributed by atoms with Crippen molar-refractivity contribution in [3.8, 4) is 28.3 Å². The SMILES string of the molecule is COc1ccc(-c2ccc3nc(-c4ccc(C(F)(F)F)c(NC(=O)C(C)(C)C)c4)cn3n2)cc1. The minimum Gasteiger partial charge on any atom is -0.497 e. The van der Waals surface area contributed by atoms with E-state index < -0.39 is 23.1 Å². The van der Waals surface area contributed by atoms with Gasteiger partial charge < -0.3 is 10.1 Å². The van der Waals surface area contributed by atoms with Crippen LogP contribution in [0.3, 0.4) is 0 Å². The Balaban J connectivity index is 1.73. The Labute approximate surface area is 194 Å². The fraction of sp³-hybridized carbons (Fsp3) is 0.240. The Bertz CT molecular complexity index is 1350. The van der Waals surface area contributed by atoms with Crippen LogP contribution < -0.4 is 10.1 Å². The average molecular weight is 468 g/mol. The third-order valence-electron chi connectivity index (χ3n) is 5.26. The van der Waals surface area contributed by atoms with Gasteiger partial charge in [-0.3, -0.25) is 4.79 Å². The molecule has 6 nitrogen and oxygen atoms in total. The summed E-state index contributed by atoms with van der Waals surface area (Å²) in [7, 11) is 1.59. The number of fused-ring (bicyclic) bond motifs is 1. The van der Waals surface area contributed by atoms with Gasteiger partial charge in [-0.05, 0) is 48.5 Å². The number of imidazole rings is 1. The number of benzene rings is 2. The summed E-state index contributed by atoms with van der Waals surface area (Å²) < 4.78 is 47.4. The average Bonchev–Trinajstić information content (AvgIpc) is 3.21. The summed E-state index contributed by atoms with van der Waals surface area (Å²) in [5.41, 5.74) is 0.875. The van der Waals surface area contributed by atoms with E-state index in [9.17, 15) is 18.0 Å². The number of nitrogens with zero attached hydrogens (tertiary/aromatic N) is 3. The molecule has 2 heterocycles. The molecule has 0 bridgehead atoms. The summed E-state index contributed by atoms with van der Waals surface area (Å²) in [5, 5.41) is 6.99. The van der Waals surface area contributed by atoms with E-state index in [0.29, 0.717) is 22.6 Å². The van der Waals surface area contributed by atoms with Gasteiger partial charge in [0, 0.05) is 16.5 Å². The fourth-order valence-corrected chi connectivity index (χ4v) is 3.30. The van der Waals surface area contributed by atoms with Crippen molar-refractivity contribution >= 4 is 17.2 Å². The second kappa shape index (κ2) is 8.48. The number of anilines is 1. The Morgan fingerprint density at radius 2 is 1.62 bits per heavy atom. The van der Waals surface area contributed by atoms with E-state index in [4.69, 9.17) is 4.74 Å². The highest BCUT2D eigenvalue weighted by atomic mass is 19.4. The van der Waals surface area contributed by atoms with Crippen LogP contribution in [0.4, 0.5) is 18.9 Å². The molecule has 34 heavy (non-hydrogen) atoms. The number of alkyl halides is 3. The van der Waals surface area contributed by atoms with Crippen LogP contribution in [0.5, 0.6) is 5.75 Å². The van der Waals surface area contributed by atoms with Crippen molar-refractivity contribution in [2.24, 2.45) is 5.41 Å². The van der Waals surface area contributed by atoms with Crippen LogP contribution in [0.25, 0.3) is 28.2 Å². The normalized spacial score (nSPS) is 12.1. The lowest BCUT2D eigenvalue weighted by atomic mass is 9.95. The summed E-state index contributed by atoms with van der Waals surface area (Å²) in [6.07, 6.45) is -2.98. The number of hydrogen-bond acceptors (Lipinski definition) is 4. The van der Waals surface area contributed by atoms with Gasteiger partial charge in [0.15, 0.2) is 5.65 Å². The molecule has 2 aromatic heterocycles. The van der Waals surface area contributed by atoms with Crippen LogP contribution in [0, 0.1) is 5.41 Å². The number of aromatic nitrogens is 3. The maximum Gasteiger partial charge on any atom is 0.418 e. The fourth-order valence-electron chi connectivity index (χ4n) is 3.30. The van der Waals surface area contributed by atoms with Crippen molar-refractivity contribution in [3.05, 3.63) is 66.4 Å². The van der Waals surface area contributed by atoms with E-state index in [-0.39, 0.29) is 5.69 Å².